The Hall–Kier alpha value is -1.52. The molecule has 2 rings (SSSR count). The lowest BCUT2D eigenvalue weighted by atomic mass is 9.98. The lowest BCUT2D eigenvalue weighted by Gasteiger charge is -2.25. The van der Waals surface area contributed by atoms with Crippen LogP contribution in [0.5, 0.6) is 0 Å². The number of rotatable bonds is 5. The third-order valence-corrected chi connectivity index (χ3v) is 3.36. The molecule has 0 aromatic carbocycles. The molecule has 0 bridgehead atoms. The Morgan fingerprint density at radius 2 is 2.22 bits per heavy atom. The summed E-state index contributed by atoms with van der Waals surface area (Å²) < 4.78 is 0. The van der Waals surface area contributed by atoms with Crippen molar-refractivity contribution in [2.45, 2.75) is 57.9 Å². The number of anilines is 1. The van der Waals surface area contributed by atoms with Gasteiger partial charge < -0.3 is 11.1 Å². The molecule has 0 spiro atoms. The van der Waals surface area contributed by atoms with Gasteiger partial charge in [0, 0.05) is 11.5 Å². The molecule has 100 valence electrons. The van der Waals surface area contributed by atoms with Crippen LogP contribution in [0.1, 0.15) is 68.6 Å². The quantitative estimate of drug-likeness (QED) is 0.749. The van der Waals surface area contributed by atoms with E-state index in [0.717, 1.165) is 31.4 Å². The van der Waals surface area contributed by atoms with Crippen LogP contribution in [0.3, 0.4) is 0 Å². The summed E-state index contributed by atoms with van der Waals surface area (Å²) in [6.45, 7) is 6.13. The Balaban J connectivity index is 2.09. The smallest absolute Gasteiger partial charge is 0.274 e. The van der Waals surface area contributed by atoms with Crippen molar-refractivity contribution in [1.82, 2.24) is 15.5 Å². The van der Waals surface area contributed by atoms with Crippen molar-refractivity contribution in [3.05, 3.63) is 11.4 Å². The van der Waals surface area contributed by atoms with Crippen LogP contribution in [-0.2, 0) is 0 Å². The van der Waals surface area contributed by atoms with E-state index in [1.165, 1.54) is 0 Å². The fourth-order valence-electron chi connectivity index (χ4n) is 2.27. The molecule has 0 radical (unpaired) electrons. The summed E-state index contributed by atoms with van der Waals surface area (Å²) in [5.41, 5.74) is 7.53. The summed E-state index contributed by atoms with van der Waals surface area (Å²) in [6, 6.07) is 0. The number of hydrogen-bond acceptors (Lipinski definition) is 3. The van der Waals surface area contributed by atoms with Gasteiger partial charge in [0.2, 0.25) is 0 Å². The van der Waals surface area contributed by atoms with Gasteiger partial charge in [0.1, 0.15) is 0 Å². The Kier molecular flexibility index (Phi) is 3.32. The fraction of sp³-hybridized carbons (Fsp3) is 0.692. The average molecular weight is 250 g/mol. The summed E-state index contributed by atoms with van der Waals surface area (Å²) in [4.78, 5) is 12.1. The molecule has 1 aromatic rings. The molecule has 0 atom stereocenters. The van der Waals surface area contributed by atoms with Gasteiger partial charge in [-0.2, -0.15) is 5.10 Å². The number of carbonyl (C=O) groups excluding carboxylic acids is 1. The average Bonchev–Trinajstić information content (AvgIpc) is 3.01. The van der Waals surface area contributed by atoms with Gasteiger partial charge in [-0.25, -0.2) is 0 Å². The largest absolute Gasteiger partial charge is 0.395 e. The van der Waals surface area contributed by atoms with E-state index in [1.54, 1.807) is 0 Å². The second kappa shape index (κ2) is 4.63. The topological polar surface area (TPSA) is 83.8 Å². The van der Waals surface area contributed by atoms with Gasteiger partial charge in [0.25, 0.3) is 5.91 Å². The second-order valence-corrected chi connectivity index (χ2v) is 5.76. The molecule has 0 unspecified atom stereocenters. The molecule has 1 heterocycles. The molecule has 18 heavy (non-hydrogen) atoms. The first-order chi connectivity index (χ1) is 8.44. The highest BCUT2D eigenvalue weighted by Crippen LogP contribution is 2.42. The summed E-state index contributed by atoms with van der Waals surface area (Å²) in [5.74, 6) is 0.289. The zero-order chi connectivity index (χ0) is 13.3. The van der Waals surface area contributed by atoms with Crippen molar-refractivity contribution in [1.29, 1.82) is 0 Å². The highest BCUT2D eigenvalue weighted by Gasteiger charge is 2.31. The third-order valence-electron chi connectivity index (χ3n) is 3.36. The maximum Gasteiger partial charge on any atom is 0.274 e. The maximum atomic E-state index is 12.1. The molecule has 1 aliphatic rings. The number of nitrogen functional groups attached to an aromatic ring is 1. The number of nitrogens with one attached hydrogen (secondary N) is 2. The first-order valence-electron chi connectivity index (χ1n) is 6.61. The first-order valence-corrected chi connectivity index (χ1v) is 6.61. The predicted molar refractivity (Wildman–Crippen MR) is 71.4 cm³/mol. The molecule has 5 heteroatoms. The number of aromatic amines is 1. The van der Waals surface area contributed by atoms with Gasteiger partial charge in [-0.1, -0.05) is 13.3 Å². The van der Waals surface area contributed by atoms with Crippen LogP contribution in [0.2, 0.25) is 0 Å². The van der Waals surface area contributed by atoms with E-state index in [0.29, 0.717) is 17.3 Å². The SMILES string of the molecule is CCCC(C)(C)NC(=O)c1n[nH]c(C2CC2)c1N. The summed E-state index contributed by atoms with van der Waals surface area (Å²) in [6.07, 6.45) is 4.22. The molecule has 1 saturated carbocycles. The van der Waals surface area contributed by atoms with Gasteiger partial charge in [-0.05, 0) is 33.1 Å². The highest BCUT2D eigenvalue weighted by molar-refractivity contribution is 5.98. The van der Waals surface area contributed by atoms with Crippen molar-refractivity contribution < 1.29 is 4.79 Å². The van der Waals surface area contributed by atoms with Crippen LogP contribution in [0.25, 0.3) is 0 Å². The molecule has 1 fully saturated rings. The van der Waals surface area contributed by atoms with E-state index in [2.05, 4.69) is 22.4 Å². The summed E-state index contributed by atoms with van der Waals surface area (Å²) >= 11 is 0. The standard InChI is InChI=1S/C13H22N4O/c1-4-7-13(2,3)15-12(18)11-9(14)10(16-17-11)8-5-6-8/h8H,4-7,14H2,1-3H3,(H,15,18)(H,16,17). The lowest BCUT2D eigenvalue weighted by Crippen LogP contribution is -2.43. The van der Waals surface area contributed by atoms with E-state index in [1.807, 2.05) is 13.8 Å². The minimum absolute atomic E-state index is 0.186. The van der Waals surface area contributed by atoms with Gasteiger partial charge >= 0.3 is 0 Å². The number of nitrogens with two attached hydrogens (primary N) is 1. The third kappa shape index (κ3) is 2.66. The number of hydrogen-bond donors (Lipinski definition) is 3. The Morgan fingerprint density at radius 1 is 1.56 bits per heavy atom. The molecule has 1 aromatic heterocycles. The van der Waals surface area contributed by atoms with Crippen LogP contribution >= 0.6 is 0 Å². The normalized spacial score (nSPS) is 15.7. The number of nitrogens with zero attached hydrogens (tertiary/aromatic N) is 1. The first kappa shape index (κ1) is 12.9. The van der Waals surface area contributed by atoms with Crippen LogP contribution in [-0.4, -0.2) is 21.6 Å². The van der Waals surface area contributed by atoms with Crippen LogP contribution in [0.4, 0.5) is 5.69 Å². The molecule has 4 N–H and O–H groups in total. The predicted octanol–water partition coefficient (Wildman–Crippen LogP) is 2.18. The zero-order valence-corrected chi connectivity index (χ0v) is 11.3. The van der Waals surface area contributed by atoms with E-state index in [4.69, 9.17) is 5.73 Å². The zero-order valence-electron chi connectivity index (χ0n) is 11.3. The van der Waals surface area contributed by atoms with Crippen LogP contribution in [0, 0.1) is 0 Å². The van der Waals surface area contributed by atoms with E-state index < -0.39 is 0 Å². The van der Waals surface area contributed by atoms with E-state index >= 15 is 0 Å². The van der Waals surface area contributed by atoms with Crippen LogP contribution in [0.15, 0.2) is 0 Å². The van der Waals surface area contributed by atoms with Gasteiger partial charge in [-0.15, -0.1) is 0 Å². The molecule has 1 aliphatic carbocycles. The van der Waals surface area contributed by atoms with Crippen molar-refractivity contribution in [2.24, 2.45) is 0 Å². The van der Waals surface area contributed by atoms with E-state index in [-0.39, 0.29) is 11.4 Å². The fourth-order valence-corrected chi connectivity index (χ4v) is 2.27. The van der Waals surface area contributed by atoms with Gasteiger partial charge in [0.05, 0.1) is 11.4 Å². The second-order valence-electron chi connectivity index (χ2n) is 5.76. The van der Waals surface area contributed by atoms with E-state index in [9.17, 15) is 4.79 Å². The maximum absolute atomic E-state index is 12.1. The molecule has 1 amide bonds. The number of amides is 1. The molecular weight excluding hydrogens is 228 g/mol. The van der Waals surface area contributed by atoms with Crippen molar-refractivity contribution in [3.8, 4) is 0 Å². The number of H-pyrrole nitrogens is 1. The Labute approximate surface area is 108 Å². The van der Waals surface area contributed by atoms with Crippen molar-refractivity contribution >= 4 is 11.6 Å². The highest BCUT2D eigenvalue weighted by atomic mass is 16.2. The summed E-state index contributed by atoms with van der Waals surface area (Å²) in [7, 11) is 0. The summed E-state index contributed by atoms with van der Waals surface area (Å²) in [5, 5.41) is 9.94. The van der Waals surface area contributed by atoms with Gasteiger partial charge in [0.15, 0.2) is 5.69 Å². The molecule has 0 saturated heterocycles. The monoisotopic (exact) mass is 250 g/mol. The molecular formula is C13H22N4O. The van der Waals surface area contributed by atoms with Crippen molar-refractivity contribution in [2.75, 3.05) is 5.73 Å². The number of aromatic nitrogens is 2. The van der Waals surface area contributed by atoms with Gasteiger partial charge in [-0.3, -0.25) is 9.89 Å². The Bertz CT molecular complexity index is 446. The Morgan fingerprint density at radius 3 is 2.78 bits per heavy atom. The molecule has 0 aliphatic heterocycles. The van der Waals surface area contributed by atoms with Crippen molar-refractivity contribution in [3.63, 3.8) is 0 Å². The minimum atomic E-state index is -0.225. The minimum Gasteiger partial charge on any atom is -0.395 e. The molecule has 5 nitrogen and oxygen atoms in total. The number of carbonyl (C=O) groups is 1. The lowest BCUT2D eigenvalue weighted by molar-refractivity contribution is 0.0905. The van der Waals surface area contributed by atoms with Crippen LogP contribution < -0.4 is 11.1 Å².